The Morgan fingerprint density at radius 3 is 2.71 bits per heavy atom. The molecule has 6 nitrogen and oxygen atoms in total. The molecule has 8 heteroatoms. The van der Waals surface area contributed by atoms with Crippen LogP contribution in [0.4, 0.5) is 26.0 Å². The summed E-state index contributed by atoms with van der Waals surface area (Å²) < 4.78 is 27.6. The number of amides is 1. The zero-order valence-electron chi connectivity index (χ0n) is 12.6. The molecule has 0 bridgehead atoms. The van der Waals surface area contributed by atoms with Gasteiger partial charge in [0.25, 0.3) is 5.91 Å². The van der Waals surface area contributed by atoms with E-state index >= 15 is 0 Å². The Bertz CT molecular complexity index is 876. The number of pyridine rings is 1. The molecular formula is C16H13F2N5O. The van der Waals surface area contributed by atoms with Crippen molar-refractivity contribution >= 4 is 23.1 Å². The zero-order chi connectivity index (χ0) is 17.1. The van der Waals surface area contributed by atoms with Crippen molar-refractivity contribution in [3.63, 3.8) is 0 Å². The lowest BCUT2D eigenvalue weighted by molar-refractivity contribution is 0.102. The van der Waals surface area contributed by atoms with Crippen LogP contribution < -0.4 is 10.6 Å². The lowest BCUT2D eigenvalue weighted by Gasteiger charge is -2.07. The van der Waals surface area contributed by atoms with Gasteiger partial charge in [-0.15, -0.1) is 0 Å². The van der Waals surface area contributed by atoms with Crippen LogP contribution in [-0.4, -0.2) is 20.7 Å². The van der Waals surface area contributed by atoms with E-state index in [9.17, 15) is 13.6 Å². The van der Waals surface area contributed by atoms with Crippen LogP contribution in [0.25, 0.3) is 0 Å². The summed E-state index contributed by atoms with van der Waals surface area (Å²) >= 11 is 0. The zero-order valence-corrected chi connectivity index (χ0v) is 12.6. The highest BCUT2D eigenvalue weighted by molar-refractivity contribution is 6.06. The summed E-state index contributed by atoms with van der Waals surface area (Å²) in [6.45, 7) is 0. The van der Waals surface area contributed by atoms with E-state index in [0.29, 0.717) is 11.4 Å². The fraction of sp³-hybridized carbons (Fsp3) is 0.0625. The number of hydrogen-bond acceptors (Lipinski definition) is 4. The van der Waals surface area contributed by atoms with Gasteiger partial charge in [-0.05, 0) is 30.3 Å². The lowest BCUT2D eigenvalue weighted by Crippen LogP contribution is -2.15. The van der Waals surface area contributed by atoms with Crippen molar-refractivity contribution in [2.24, 2.45) is 7.05 Å². The first kappa shape index (κ1) is 15.6. The van der Waals surface area contributed by atoms with Gasteiger partial charge in [0, 0.05) is 18.9 Å². The van der Waals surface area contributed by atoms with Crippen molar-refractivity contribution < 1.29 is 13.6 Å². The molecule has 0 spiro atoms. The fourth-order valence-electron chi connectivity index (χ4n) is 2.09. The Morgan fingerprint density at radius 2 is 2.00 bits per heavy atom. The Labute approximate surface area is 136 Å². The van der Waals surface area contributed by atoms with E-state index in [1.165, 1.54) is 28.9 Å². The number of halogens is 2. The van der Waals surface area contributed by atoms with Crippen LogP contribution in [0.1, 0.15) is 10.5 Å². The first-order chi connectivity index (χ1) is 11.5. The van der Waals surface area contributed by atoms with Crippen LogP contribution in [0, 0.1) is 11.6 Å². The Balaban J connectivity index is 1.82. The number of aryl methyl sites for hydroxylation is 1. The predicted octanol–water partition coefficient (Wildman–Crippen LogP) is 3.09. The largest absolute Gasteiger partial charge is 0.352 e. The number of nitrogens with zero attached hydrogens (tertiary/aromatic N) is 3. The minimum absolute atomic E-state index is 0.105. The normalized spacial score (nSPS) is 10.5. The third kappa shape index (κ3) is 3.54. The third-order valence-corrected chi connectivity index (χ3v) is 3.12. The highest BCUT2D eigenvalue weighted by Crippen LogP contribution is 2.21. The minimum Gasteiger partial charge on any atom is -0.352 e. The standard InChI is InChI=1S/C16H13F2N5O/c1-23-9-13(20-12-4-2-3-10(17)7-12)15(22-23)16(24)21-14-6-5-11(18)8-19-14/h2-9,20H,1H3,(H,19,21,24). The average Bonchev–Trinajstić information content (AvgIpc) is 2.90. The SMILES string of the molecule is Cn1cc(Nc2cccc(F)c2)c(C(=O)Nc2ccc(F)cn2)n1. The monoisotopic (exact) mass is 329 g/mol. The van der Waals surface area contributed by atoms with Crippen LogP contribution in [0.15, 0.2) is 48.8 Å². The summed E-state index contributed by atoms with van der Waals surface area (Å²) in [5.74, 6) is -1.22. The van der Waals surface area contributed by atoms with Gasteiger partial charge in [-0.1, -0.05) is 6.07 Å². The minimum atomic E-state index is -0.520. The molecule has 1 aromatic carbocycles. The van der Waals surface area contributed by atoms with Gasteiger partial charge >= 0.3 is 0 Å². The van der Waals surface area contributed by atoms with Crippen LogP contribution in [0.5, 0.6) is 0 Å². The molecule has 122 valence electrons. The molecule has 0 aliphatic heterocycles. The summed E-state index contributed by atoms with van der Waals surface area (Å²) in [5.41, 5.74) is 0.993. The molecule has 2 N–H and O–H groups in total. The van der Waals surface area contributed by atoms with Crippen molar-refractivity contribution in [3.8, 4) is 0 Å². The predicted molar refractivity (Wildman–Crippen MR) is 85.0 cm³/mol. The number of aromatic nitrogens is 3. The van der Waals surface area contributed by atoms with E-state index in [1.807, 2.05) is 0 Å². The van der Waals surface area contributed by atoms with Gasteiger partial charge in [0.1, 0.15) is 17.5 Å². The molecule has 0 unspecified atom stereocenters. The average molecular weight is 329 g/mol. The Morgan fingerprint density at radius 1 is 1.17 bits per heavy atom. The van der Waals surface area contributed by atoms with Gasteiger partial charge < -0.3 is 10.6 Å². The molecule has 3 aromatic rings. The molecule has 0 aliphatic carbocycles. The summed E-state index contributed by atoms with van der Waals surface area (Å²) in [6.07, 6.45) is 2.60. The fourth-order valence-corrected chi connectivity index (χ4v) is 2.09. The van der Waals surface area contributed by atoms with Crippen LogP contribution >= 0.6 is 0 Å². The van der Waals surface area contributed by atoms with Gasteiger partial charge in [0.15, 0.2) is 5.69 Å². The van der Waals surface area contributed by atoms with E-state index in [1.54, 1.807) is 25.4 Å². The van der Waals surface area contributed by atoms with E-state index in [0.717, 1.165) is 6.20 Å². The topological polar surface area (TPSA) is 71.8 Å². The van der Waals surface area contributed by atoms with Crippen molar-refractivity contribution in [1.82, 2.24) is 14.8 Å². The maximum atomic E-state index is 13.3. The van der Waals surface area contributed by atoms with Gasteiger partial charge in [0.05, 0.1) is 11.9 Å². The molecule has 0 saturated carbocycles. The third-order valence-electron chi connectivity index (χ3n) is 3.12. The molecule has 2 aromatic heterocycles. The first-order valence-corrected chi connectivity index (χ1v) is 7.00. The summed E-state index contributed by atoms with van der Waals surface area (Å²) in [6, 6.07) is 8.37. The maximum Gasteiger partial charge on any atom is 0.279 e. The lowest BCUT2D eigenvalue weighted by atomic mass is 10.2. The highest BCUT2D eigenvalue weighted by atomic mass is 19.1. The van der Waals surface area contributed by atoms with Crippen molar-refractivity contribution in [2.45, 2.75) is 0 Å². The molecule has 0 fully saturated rings. The van der Waals surface area contributed by atoms with Crippen LogP contribution in [0.2, 0.25) is 0 Å². The number of carbonyl (C=O) groups is 1. The Hall–Kier alpha value is -3.29. The van der Waals surface area contributed by atoms with E-state index in [4.69, 9.17) is 0 Å². The second-order valence-corrected chi connectivity index (χ2v) is 5.02. The molecule has 24 heavy (non-hydrogen) atoms. The number of benzene rings is 1. The van der Waals surface area contributed by atoms with Gasteiger partial charge in [-0.25, -0.2) is 13.8 Å². The van der Waals surface area contributed by atoms with E-state index < -0.39 is 17.5 Å². The summed E-state index contributed by atoms with van der Waals surface area (Å²) in [4.78, 5) is 16.1. The first-order valence-electron chi connectivity index (χ1n) is 7.00. The molecule has 0 aliphatic rings. The van der Waals surface area contributed by atoms with Crippen molar-refractivity contribution in [1.29, 1.82) is 0 Å². The second-order valence-electron chi connectivity index (χ2n) is 5.02. The van der Waals surface area contributed by atoms with Crippen molar-refractivity contribution in [2.75, 3.05) is 10.6 Å². The van der Waals surface area contributed by atoms with Crippen LogP contribution in [-0.2, 0) is 7.05 Å². The quantitative estimate of drug-likeness (QED) is 0.771. The molecule has 0 saturated heterocycles. The smallest absolute Gasteiger partial charge is 0.279 e. The van der Waals surface area contributed by atoms with Crippen molar-refractivity contribution in [3.05, 3.63) is 66.1 Å². The number of anilines is 3. The Kier molecular flexibility index (Phi) is 4.19. The van der Waals surface area contributed by atoms with E-state index in [2.05, 4.69) is 20.7 Å². The van der Waals surface area contributed by atoms with Crippen LogP contribution in [0.3, 0.4) is 0 Å². The number of nitrogens with one attached hydrogen (secondary N) is 2. The molecule has 0 atom stereocenters. The highest BCUT2D eigenvalue weighted by Gasteiger charge is 2.17. The second kappa shape index (κ2) is 6.45. The molecule has 1 amide bonds. The van der Waals surface area contributed by atoms with Gasteiger partial charge in [0.2, 0.25) is 0 Å². The number of rotatable bonds is 4. The number of carbonyl (C=O) groups excluding carboxylic acids is 1. The summed E-state index contributed by atoms with van der Waals surface area (Å²) in [7, 11) is 1.66. The molecular weight excluding hydrogens is 316 g/mol. The van der Waals surface area contributed by atoms with E-state index in [-0.39, 0.29) is 11.5 Å². The summed E-state index contributed by atoms with van der Waals surface area (Å²) in [5, 5.41) is 9.56. The van der Waals surface area contributed by atoms with Gasteiger partial charge in [-0.3, -0.25) is 9.48 Å². The molecule has 3 rings (SSSR count). The molecule has 0 radical (unpaired) electrons. The van der Waals surface area contributed by atoms with Gasteiger partial charge in [-0.2, -0.15) is 5.10 Å². The maximum absolute atomic E-state index is 13.3. The number of hydrogen-bond donors (Lipinski definition) is 2. The molecule has 2 heterocycles.